The van der Waals surface area contributed by atoms with Crippen LogP contribution < -0.4 is 4.74 Å². The van der Waals surface area contributed by atoms with Crippen LogP contribution >= 0.6 is 0 Å². The van der Waals surface area contributed by atoms with Gasteiger partial charge >= 0.3 is 12.3 Å². The largest absolute Gasteiger partial charge is 0.573 e. The number of aliphatic hydroxyl groups excluding tert-OH is 2. The molecular weight excluding hydrogens is 680 g/mol. The first-order chi connectivity index (χ1) is 22.8. The highest BCUT2D eigenvalue weighted by atomic mass is 32.2. The maximum absolute atomic E-state index is 15.1. The van der Waals surface area contributed by atoms with E-state index < -0.39 is 62.6 Å². The fourth-order valence-corrected chi connectivity index (χ4v) is 5.85. The first-order valence-electron chi connectivity index (χ1n) is 14.3. The lowest BCUT2D eigenvalue weighted by Gasteiger charge is -2.25. The molecule has 4 rings (SSSR count). The molecule has 1 heterocycles. The van der Waals surface area contributed by atoms with Gasteiger partial charge in [0.1, 0.15) is 23.4 Å². The normalized spacial score (nSPS) is 13.8. The lowest BCUT2D eigenvalue weighted by molar-refractivity contribution is -0.274. The van der Waals surface area contributed by atoms with E-state index in [1.807, 2.05) is 0 Å². The van der Waals surface area contributed by atoms with Gasteiger partial charge in [-0.3, -0.25) is 4.99 Å². The molecule has 0 spiro atoms. The highest BCUT2D eigenvalue weighted by molar-refractivity contribution is 7.90. The van der Waals surface area contributed by atoms with E-state index in [1.165, 1.54) is 52.2 Å². The number of benzene rings is 3. The molecule has 0 fully saturated rings. The Hall–Kier alpha value is -4.74. The fraction of sp³-hybridized carbons (Fsp3) is 0.281. The van der Waals surface area contributed by atoms with Crippen molar-refractivity contribution < 1.29 is 49.7 Å². The quantitative estimate of drug-likeness (QED) is 0.154. The number of aliphatic hydroxyl groups is 2. The van der Waals surface area contributed by atoms with E-state index in [0.29, 0.717) is 5.56 Å². The van der Waals surface area contributed by atoms with Crippen molar-refractivity contribution in [2.24, 2.45) is 4.99 Å². The Morgan fingerprint density at radius 1 is 1.04 bits per heavy atom. The van der Waals surface area contributed by atoms with E-state index in [9.17, 15) is 31.8 Å². The van der Waals surface area contributed by atoms with Crippen LogP contribution in [0.1, 0.15) is 18.1 Å². The third kappa shape index (κ3) is 8.12. The molecule has 49 heavy (non-hydrogen) atoms. The molecule has 0 aliphatic rings. The molecule has 0 aliphatic heterocycles. The summed E-state index contributed by atoms with van der Waals surface area (Å²) in [6.45, 7) is 0.0243. The topological polar surface area (TPSA) is 130 Å². The number of aliphatic imine (C=N–C) groups is 1. The van der Waals surface area contributed by atoms with Crippen molar-refractivity contribution in [2.75, 3.05) is 27.4 Å². The standard InChI is InChI=1S/C32H31F6N5O5S/c1-18(45)31(34,35)30(39-2)15-26(42(3)4)23-11-8-20(21-12-25(33)24(17-44)29(14-21)49(5,46)47)13-27(23)43-28(16-40-41-43)19-6-9-22(10-7-19)48-32(36,37)38/h6-16,18,44-45H,17H2,1-5H3/b26-15-,39-30-. The predicted molar refractivity (Wildman–Crippen MR) is 170 cm³/mol. The van der Waals surface area contributed by atoms with Crippen LogP contribution in [0, 0.1) is 5.82 Å². The number of hydrogen-bond donors (Lipinski definition) is 2. The number of allylic oxidation sites excluding steroid dienone is 1. The Balaban J connectivity index is 2.02. The third-order valence-corrected chi connectivity index (χ3v) is 8.51. The van der Waals surface area contributed by atoms with Crippen molar-refractivity contribution in [3.8, 4) is 33.8 Å². The molecular formula is C32H31F6N5O5S. The summed E-state index contributed by atoms with van der Waals surface area (Å²) in [4.78, 5) is 4.74. The Kier molecular flexibility index (Phi) is 10.6. The first-order valence-corrected chi connectivity index (χ1v) is 16.1. The number of hydrogen-bond acceptors (Lipinski definition) is 9. The van der Waals surface area contributed by atoms with Crippen LogP contribution in [0.2, 0.25) is 0 Å². The van der Waals surface area contributed by atoms with Gasteiger partial charge in [-0.05, 0) is 66.6 Å². The molecule has 1 unspecified atom stereocenters. The highest BCUT2D eigenvalue weighted by Gasteiger charge is 2.40. The fourth-order valence-electron chi connectivity index (χ4n) is 4.90. The third-order valence-electron chi connectivity index (χ3n) is 7.34. The van der Waals surface area contributed by atoms with Crippen LogP contribution in [0.3, 0.4) is 0 Å². The summed E-state index contributed by atoms with van der Waals surface area (Å²) in [5.41, 5.74) is 0.177. The molecule has 2 N–H and O–H groups in total. The van der Waals surface area contributed by atoms with Crippen LogP contribution in [-0.2, 0) is 16.4 Å². The van der Waals surface area contributed by atoms with Crippen LogP contribution in [0.4, 0.5) is 26.3 Å². The highest BCUT2D eigenvalue weighted by Crippen LogP contribution is 2.36. The van der Waals surface area contributed by atoms with Gasteiger partial charge in [0.25, 0.3) is 0 Å². The number of nitrogens with zero attached hydrogens (tertiary/aromatic N) is 5. The van der Waals surface area contributed by atoms with Crippen molar-refractivity contribution in [1.29, 1.82) is 0 Å². The molecule has 10 nitrogen and oxygen atoms in total. The van der Waals surface area contributed by atoms with Crippen molar-refractivity contribution in [1.82, 2.24) is 19.9 Å². The summed E-state index contributed by atoms with van der Waals surface area (Å²) < 4.78 is 114. The number of sulfone groups is 1. The minimum atomic E-state index is -4.92. The van der Waals surface area contributed by atoms with Crippen molar-refractivity contribution in [3.05, 3.63) is 83.8 Å². The second-order valence-electron chi connectivity index (χ2n) is 11.0. The van der Waals surface area contributed by atoms with Gasteiger partial charge < -0.3 is 19.8 Å². The number of aromatic nitrogens is 3. The first kappa shape index (κ1) is 37.1. The van der Waals surface area contributed by atoms with Gasteiger partial charge in [-0.1, -0.05) is 17.3 Å². The van der Waals surface area contributed by atoms with Gasteiger partial charge in [0, 0.05) is 49.8 Å². The van der Waals surface area contributed by atoms with Crippen LogP contribution in [0.15, 0.2) is 76.8 Å². The average molecular weight is 712 g/mol. The van der Waals surface area contributed by atoms with Gasteiger partial charge in [-0.25, -0.2) is 17.5 Å². The van der Waals surface area contributed by atoms with E-state index in [4.69, 9.17) is 0 Å². The van der Waals surface area contributed by atoms with Crippen molar-refractivity contribution >= 4 is 21.2 Å². The maximum Gasteiger partial charge on any atom is 0.573 e. The van der Waals surface area contributed by atoms with E-state index in [0.717, 1.165) is 44.5 Å². The van der Waals surface area contributed by atoms with Crippen molar-refractivity contribution in [3.63, 3.8) is 0 Å². The molecule has 0 aliphatic carbocycles. The number of ether oxygens (including phenoxy) is 1. The zero-order valence-corrected chi connectivity index (χ0v) is 27.5. The molecule has 3 aromatic carbocycles. The SMILES string of the molecule is C/N=C(/C=C(/c1ccc(-c2cc(F)c(CO)c(S(C)(=O)=O)c2)cc1-n1nncc1-c1ccc(OC(F)(F)F)cc1)N(C)C)C(F)(F)C(C)O. The number of rotatable bonds is 11. The van der Waals surface area contributed by atoms with Crippen LogP contribution in [0.5, 0.6) is 5.75 Å². The summed E-state index contributed by atoms with van der Waals surface area (Å²) in [6.07, 6.45) is -3.81. The van der Waals surface area contributed by atoms with Crippen LogP contribution in [0.25, 0.3) is 33.8 Å². The van der Waals surface area contributed by atoms with Gasteiger partial charge in [0.15, 0.2) is 9.84 Å². The van der Waals surface area contributed by atoms with Gasteiger partial charge in [0.2, 0.25) is 0 Å². The number of alkyl halides is 5. The number of halogens is 6. The second kappa shape index (κ2) is 14.0. The molecule has 4 aromatic rings. The summed E-state index contributed by atoms with van der Waals surface area (Å²) in [5, 5.41) is 27.6. The zero-order valence-electron chi connectivity index (χ0n) is 26.7. The van der Waals surface area contributed by atoms with E-state index in [-0.39, 0.29) is 33.8 Å². The molecule has 0 bridgehead atoms. The minimum absolute atomic E-state index is 0.0741. The lowest BCUT2D eigenvalue weighted by atomic mass is 9.97. The Labute approximate surface area is 277 Å². The molecule has 1 aromatic heterocycles. The summed E-state index contributed by atoms with van der Waals surface area (Å²) in [7, 11) is 0.233. The molecule has 0 saturated carbocycles. The summed E-state index contributed by atoms with van der Waals surface area (Å²) in [5.74, 6) is -5.24. The summed E-state index contributed by atoms with van der Waals surface area (Å²) >= 11 is 0. The van der Waals surface area contributed by atoms with Gasteiger partial charge in [-0.2, -0.15) is 8.78 Å². The van der Waals surface area contributed by atoms with E-state index in [2.05, 4.69) is 20.0 Å². The van der Waals surface area contributed by atoms with Gasteiger partial charge in [0.05, 0.1) is 29.1 Å². The summed E-state index contributed by atoms with van der Waals surface area (Å²) in [6, 6.07) is 11.4. The Morgan fingerprint density at radius 2 is 1.67 bits per heavy atom. The molecule has 262 valence electrons. The maximum atomic E-state index is 15.1. The van der Waals surface area contributed by atoms with E-state index in [1.54, 1.807) is 14.1 Å². The molecule has 0 amide bonds. The lowest BCUT2D eigenvalue weighted by Crippen LogP contribution is -2.39. The van der Waals surface area contributed by atoms with Crippen molar-refractivity contribution in [2.45, 2.75) is 36.8 Å². The van der Waals surface area contributed by atoms with Crippen LogP contribution in [-0.4, -0.2) is 90.0 Å². The minimum Gasteiger partial charge on any atom is -0.406 e. The Bertz CT molecular complexity index is 2010. The smallest absolute Gasteiger partial charge is 0.406 e. The van der Waals surface area contributed by atoms with E-state index >= 15 is 13.2 Å². The molecule has 0 saturated heterocycles. The monoisotopic (exact) mass is 711 g/mol. The molecule has 0 radical (unpaired) electrons. The second-order valence-corrected chi connectivity index (χ2v) is 13.0. The molecule has 17 heteroatoms. The predicted octanol–water partition coefficient (Wildman–Crippen LogP) is 5.52. The molecule has 1 atom stereocenters. The Morgan fingerprint density at radius 3 is 2.20 bits per heavy atom. The average Bonchev–Trinajstić information content (AvgIpc) is 3.49. The van der Waals surface area contributed by atoms with Gasteiger partial charge in [-0.15, -0.1) is 18.3 Å². The zero-order chi connectivity index (χ0) is 36.5.